The Bertz CT molecular complexity index is 1030. The third-order valence-corrected chi connectivity index (χ3v) is 5.64. The summed E-state index contributed by atoms with van der Waals surface area (Å²) in [6.45, 7) is 5.70. The number of ether oxygens (including phenoxy) is 1. The van der Waals surface area contributed by atoms with Crippen LogP contribution in [0.5, 0.6) is 11.5 Å². The molecule has 0 saturated heterocycles. The van der Waals surface area contributed by atoms with Crippen LogP contribution < -0.4 is 8.92 Å². The van der Waals surface area contributed by atoms with Crippen LogP contribution in [0.4, 0.5) is 13.2 Å². The molecule has 0 fully saturated rings. The van der Waals surface area contributed by atoms with Gasteiger partial charge in [0.15, 0.2) is 11.5 Å². The Morgan fingerprint density at radius 3 is 2.19 bits per heavy atom. The Labute approximate surface area is 186 Å². The summed E-state index contributed by atoms with van der Waals surface area (Å²) in [5.74, 6) is -0.366. The monoisotopic (exact) mass is 473 g/mol. The van der Waals surface area contributed by atoms with Crippen molar-refractivity contribution in [3.05, 3.63) is 59.2 Å². The Morgan fingerprint density at radius 2 is 1.69 bits per heavy atom. The van der Waals surface area contributed by atoms with Crippen LogP contribution in [-0.2, 0) is 22.8 Å². The smallest absolute Gasteiger partial charge is 0.416 e. The number of carbonyl (C=O) groups is 1. The van der Waals surface area contributed by atoms with Gasteiger partial charge in [0.05, 0.1) is 18.4 Å². The van der Waals surface area contributed by atoms with Crippen molar-refractivity contribution in [2.24, 2.45) is 5.92 Å². The maximum absolute atomic E-state index is 13.0. The molecule has 32 heavy (non-hydrogen) atoms. The maximum atomic E-state index is 13.0. The van der Waals surface area contributed by atoms with Crippen molar-refractivity contribution in [2.45, 2.75) is 33.5 Å². The fraction of sp³-hybridized carbons (Fsp3) is 0.409. The molecule has 0 spiro atoms. The van der Waals surface area contributed by atoms with Gasteiger partial charge in [0, 0.05) is 18.7 Å². The van der Waals surface area contributed by atoms with E-state index in [1.54, 1.807) is 6.07 Å². The molecule has 0 radical (unpaired) electrons. The number of alkyl halides is 3. The molecule has 2 aromatic rings. The van der Waals surface area contributed by atoms with Gasteiger partial charge in [0.2, 0.25) is 0 Å². The van der Waals surface area contributed by atoms with E-state index in [4.69, 9.17) is 8.92 Å². The molecule has 0 saturated carbocycles. The van der Waals surface area contributed by atoms with Gasteiger partial charge in [-0.25, -0.2) is 0 Å². The first-order valence-corrected chi connectivity index (χ1v) is 11.5. The summed E-state index contributed by atoms with van der Waals surface area (Å²) >= 11 is 0. The SMILES string of the molecule is CCS(=O)(=O)Oc1cc(CN(CC(C)C)C(=O)c2ccc(C(F)(F)F)cc2)ccc1OC. The highest BCUT2D eigenvalue weighted by atomic mass is 32.2. The number of nitrogens with zero attached hydrogens (tertiary/aromatic N) is 1. The van der Waals surface area contributed by atoms with Gasteiger partial charge < -0.3 is 13.8 Å². The van der Waals surface area contributed by atoms with Crippen LogP contribution in [0.25, 0.3) is 0 Å². The average Bonchev–Trinajstić information content (AvgIpc) is 2.72. The normalized spacial score (nSPS) is 12.0. The fourth-order valence-electron chi connectivity index (χ4n) is 2.95. The topological polar surface area (TPSA) is 72.9 Å². The zero-order valence-electron chi connectivity index (χ0n) is 18.3. The van der Waals surface area contributed by atoms with Gasteiger partial charge in [-0.05, 0) is 54.8 Å². The van der Waals surface area contributed by atoms with Gasteiger partial charge in [-0.2, -0.15) is 21.6 Å². The van der Waals surface area contributed by atoms with Crippen LogP contribution in [0, 0.1) is 5.92 Å². The molecule has 2 rings (SSSR count). The molecule has 0 heterocycles. The molecule has 2 aromatic carbocycles. The van der Waals surface area contributed by atoms with Crippen LogP contribution in [0.3, 0.4) is 0 Å². The molecule has 0 bridgehead atoms. The van der Waals surface area contributed by atoms with Crippen molar-refractivity contribution < 1.29 is 35.3 Å². The van der Waals surface area contributed by atoms with Crippen LogP contribution in [0.2, 0.25) is 0 Å². The van der Waals surface area contributed by atoms with E-state index in [0.717, 1.165) is 24.3 Å². The first-order chi connectivity index (χ1) is 14.9. The molecule has 0 unspecified atom stereocenters. The van der Waals surface area contributed by atoms with E-state index >= 15 is 0 Å². The summed E-state index contributed by atoms with van der Waals surface area (Å²) < 4.78 is 72.5. The van der Waals surface area contributed by atoms with Crippen LogP contribution in [0.15, 0.2) is 42.5 Å². The molecular formula is C22H26F3NO5S. The van der Waals surface area contributed by atoms with E-state index in [0.29, 0.717) is 12.1 Å². The molecule has 176 valence electrons. The molecule has 0 atom stereocenters. The van der Waals surface area contributed by atoms with Crippen LogP contribution in [0.1, 0.15) is 42.3 Å². The predicted octanol–water partition coefficient (Wildman–Crippen LogP) is 4.74. The van der Waals surface area contributed by atoms with Gasteiger partial charge in [0.25, 0.3) is 5.91 Å². The summed E-state index contributed by atoms with van der Waals surface area (Å²) in [4.78, 5) is 14.5. The number of hydrogen-bond donors (Lipinski definition) is 0. The highest BCUT2D eigenvalue weighted by Crippen LogP contribution is 2.31. The lowest BCUT2D eigenvalue weighted by atomic mass is 10.1. The lowest BCUT2D eigenvalue weighted by Gasteiger charge is -2.25. The number of halogens is 3. The van der Waals surface area contributed by atoms with Crippen LogP contribution >= 0.6 is 0 Å². The number of carbonyl (C=O) groups excluding carboxylic acids is 1. The lowest BCUT2D eigenvalue weighted by Crippen LogP contribution is -2.33. The summed E-state index contributed by atoms with van der Waals surface area (Å²) in [6, 6.07) is 8.71. The number of amides is 1. The Balaban J connectivity index is 2.33. The second kappa shape index (κ2) is 10.2. The predicted molar refractivity (Wildman–Crippen MR) is 114 cm³/mol. The molecular weight excluding hydrogens is 447 g/mol. The highest BCUT2D eigenvalue weighted by Gasteiger charge is 2.30. The van der Waals surface area contributed by atoms with Gasteiger partial charge in [-0.15, -0.1) is 0 Å². The quantitative estimate of drug-likeness (QED) is 0.492. The second-order valence-corrected chi connectivity index (χ2v) is 9.43. The minimum absolute atomic E-state index is 0.00155. The van der Waals surface area contributed by atoms with Crippen molar-refractivity contribution in [3.8, 4) is 11.5 Å². The van der Waals surface area contributed by atoms with Gasteiger partial charge >= 0.3 is 16.3 Å². The summed E-state index contributed by atoms with van der Waals surface area (Å²) in [6.07, 6.45) is -4.49. The lowest BCUT2D eigenvalue weighted by molar-refractivity contribution is -0.137. The molecule has 1 amide bonds. The largest absolute Gasteiger partial charge is 0.493 e. The second-order valence-electron chi connectivity index (χ2n) is 7.57. The molecule has 0 aromatic heterocycles. The minimum Gasteiger partial charge on any atom is -0.493 e. The van der Waals surface area contributed by atoms with E-state index in [9.17, 15) is 26.4 Å². The Hall–Kier alpha value is -2.75. The molecule has 10 heteroatoms. The Kier molecular flexibility index (Phi) is 8.17. The van der Waals surface area contributed by atoms with Crippen molar-refractivity contribution in [2.75, 3.05) is 19.4 Å². The fourth-order valence-corrected chi connectivity index (χ4v) is 3.47. The number of benzene rings is 2. The molecule has 0 aliphatic rings. The first kappa shape index (κ1) is 25.5. The highest BCUT2D eigenvalue weighted by molar-refractivity contribution is 7.87. The van der Waals surface area contributed by atoms with Gasteiger partial charge in [-0.1, -0.05) is 19.9 Å². The van der Waals surface area contributed by atoms with Gasteiger partial charge in [-0.3, -0.25) is 4.79 Å². The summed E-state index contributed by atoms with van der Waals surface area (Å²) in [5, 5.41) is 0. The minimum atomic E-state index is -4.49. The summed E-state index contributed by atoms with van der Waals surface area (Å²) in [7, 11) is -2.42. The number of rotatable bonds is 9. The summed E-state index contributed by atoms with van der Waals surface area (Å²) in [5.41, 5.74) is -0.135. The van der Waals surface area contributed by atoms with E-state index in [1.165, 1.54) is 31.1 Å². The number of hydrogen-bond acceptors (Lipinski definition) is 5. The van der Waals surface area contributed by atoms with Crippen molar-refractivity contribution >= 4 is 16.0 Å². The Morgan fingerprint density at radius 1 is 1.06 bits per heavy atom. The zero-order chi connectivity index (χ0) is 24.1. The third-order valence-electron chi connectivity index (χ3n) is 4.50. The van der Waals surface area contributed by atoms with E-state index < -0.39 is 27.8 Å². The van der Waals surface area contributed by atoms with Crippen molar-refractivity contribution in [3.63, 3.8) is 0 Å². The average molecular weight is 474 g/mol. The van der Waals surface area contributed by atoms with Gasteiger partial charge in [0.1, 0.15) is 0 Å². The third kappa shape index (κ3) is 6.88. The van der Waals surface area contributed by atoms with Crippen LogP contribution in [-0.4, -0.2) is 38.6 Å². The van der Waals surface area contributed by atoms with Crippen molar-refractivity contribution in [1.82, 2.24) is 4.90 Å². The molecule has 0 aliphatic carbocycles. The van der Waals surface area contributed by atoms with Crippen molar-refractivity contribution in [1.29, 1.82) is 0 Å². The molecule has 6 nitrogen and oxygen atoms in total. The standard InChI is InChI=1S/C22H26F3NO5S/c1-5-32(28,29)31-20-12-16(6-11-19(20)30-4)14-26(13-15(2)3)21(27)17-7-9-18(10-8-17)22(23,24)25/h6-12,15H,5,13-14H2,1-4H3. The maximum Gasteiger partial charge on any atom is 0.416 e. The van der Waals surface area contributed by atoms with E-state index in [2.05, 4.69) is 0 Å². The number of methoxy groups -OCH3 is 1. The van der Waals surface area contributed by atoms with E-state index in [-0.39, 0.29) is 35.3 Å². The van der Waals surface area contributed by atoms with E-state index in [1.807, 2.05) is 13.8 Å². The molecule has 0 N–H and O–H groups in total. The first-order valence-electron chi connectivity index (χ1n) is 9.92. The zero-order valence-corrected chi connectivity index (χ0v) is 19.1. The molecule has 0 aliphatic heterocycles.